The van der Waals surface area contributed by atoms with Crippen molar-refractivity contribution in [1.82, 2.24) is 10.2 Å². The number of amides is 2. The Bertz CT molecular complexity index is 625. The van der Waals surface area contributed by atoms with Gasteiger partial charge in [-0.25, -0.2) is 4.39 Å². The number of likely N-dealkylation sites (tertiary alicyclic amines) is 1. The molecule has 1 saturated heterocycles. The number of rotatable bonds is 2. The van der Waals surface area contributed by atoms with Crippen molar-refractivity contribution < 1.29 is 27.2 Å². The number of nitrogens with one attached hydrogen (secondary N) is 1. The van der Waals surface area contributed by atoms with Crippen LogP contribution in [0.3, 0.4) is 0 Å². The first kappa shape index (κ1) is 18.2. The zero-order valence-corrected chi connectivity index (χ0v) is 13.3. The van der Waals surface area contributed by atoms with Gasteiger partial charge in [0.15, 0.2) is 0 Å². The van der Waals surface area contributed by atoms with E-state index in [1.165, 1.54) is 19.1 Å². The minimum Gasteiger partial charge on any atom is -0.352 e. The Morgan fingerprint density at radius 1 is 1.21 bits per heavy atom. The summed E-state index contributed by atoms with van der Waals surface area (Å²) in [6.07, 6.45) is -4.77. The molecular formula is C16H18F4N2O2. The molecule has 2 atom stereocenters. The van der Waals surface area contributed by atoms with E-state index < -0.39 is 30.0 Å². The van der Waals surface area contributed by atoms with Crippen LogP contribution >= 0.6 is 0 Å². The van der Waals surface area contributed by atoms with Crippen LogP contribution in [0.25, 0.3) is 0 Å². The highest BCUT2D eigenvalue weighted by Gasteiger charge is 2.48. The molecule has 1 aromatic rings. The molecule has 1 aromatic carbocycles. The highest BCUT2D eigenvalue weighted by molar-refractivity contribution is 5.94. The van der Waals surface area contributed by atoms with Crippen molar-refractivity contribution in [2.24, 2.45) is 0 Å². The zero-order chi connectivity index (χ0) is 18.1. The summed E-state index contributed by atoms with van der Waals surface area (Å²) in [6.45, 7) is 2.55. The number of benzene rings is 1. The highest BCUT2D eigenvalue weighted by atomic mass is 19.4. The number of alkyl halides is 3. The Hall–Kier alpha value is -2.12. The van der Waals surface area contributed by atoms with Crippen molar-refractivity contribution in [1.29, 1.82) is 0 Å². The summed E-state index contributed by atoms with van der Waals surface area (Å²) in [5.41, 5.74) is 0.308. The number of piperidine rings is 1. The first-order chi connectivity index (χ1) is 11.1. The van der Waals surface area contributed by atoms with E-state index in [0.717, 1.165) is 6.07 Å². The lowest BCUT2D eigenvalue weighted by Gasteiger charge is -2.40. The molecule has 0 aliphatic carbocycles. The fourth-order valence-electron chi connectivity index (χ4n) is 2.97. The van der Waals surface area contributed by atoms with Gasteiger partial charge in [-0.1, -0.05) is 0 Å². The second-order valence-corrected chi connectivity index (χ2v) is 6.01. The van der Waals surface area contributed by atoms with Crippen LogP contribution in [-0.2, 0) is 4.79 Å². The number of aryl methyl sites for hydroxylation is 1. The lowest BCUT2D eigenvalue weighted by atomic mass is 9.96. The summed E-state index contributed by atoms with van der Waals surface area (Å²) < 4.78 is 53.3. The number of nitrogens with zero attached hydrogens (tertiary/aromatic N) is 1. The van der Waals surface area contributed by atoms with Gasteiger partial charge in [0.25, 0.3) is 5.91 Å². The van der Waals surface area contributed by atoms with E-state index in [1.807, 2.05) is 0 Å². The summed E-state index contributed by atoms with van der Waals surface area (Å²) >= 11 is 0. The van der Waals surface area contributed by atoms with E-state index in [9.17, 15) is 27.2 Å². The van der Waals surface area contributed by atoms with Gasteiger partial charge in [-0.15, -0.1) is 0 Å². The maximum atomic E-state index is 13.5. The smallest absolute Gasteiger partial charge is 0.352 e. The fourth-order valence-corrected chi connectivity index (χ4v) is 2.97. The van der Waals surface area contributed by atoms with E-state index in [2.05, 4.69) is 5.32 Å². The summed E-state index contributed by atoms with van der Waals surface area (Å²) in [5.74, 6) is -1.95. The lowest BCUT2D eigenvalue weighted by molar-refractivity contribution is -0.184. The van der Waals surface area contributed by atoms with Crippen molar-refractivity contribution in [2.45, 2.75) is 44.9 Å². The molecule has 0 unspecified atom stereocenters. The number of carbonyl (C=O) groups is 2. The van der Waals surface area contributed by atoms with Gasteiger partial charge in [0.1, 0.15) is 11.9 Å². The molecule has 2 rings (SSSR count). The number of carbonyl (C=O) groups excluding carboxylic acids is 2. The summed E-state index contributed by atoms with van der Waals surface area (Å²) in [6, 6.07) is 0.957. The maximum Gasteiger partial charge on any atom is 0.408 e. The van der Waals surface area contributed by atoms with Crippen LogP contribution in [-0.4, -0.2) is 41.5 Å². The standard InChI is InChI=1S/C16H18F4N2O2/c1-9-5-11(7-12(17)6-9)15(24)22-8-13(21-10(2)23)3-4-14(22)16(18,19)20/h5-7,13-14H,3-4,8H2,1-2H3,(H,21,23)/t13-,14+/m0/s1. The Morgan fingerprint density at radius 2 is 1.88 bits per heavy atom. The van der Waals surface area contributed by atoms with Gasteiger partial charge >= 0.3 is 6.18 Å². The third kappa shape index (κ3) is 4.24. The second kappa shape index (κ2) is 6.78. The van der Waals surface area contributed by atoms with Crippen LogP contribution in [0.5, 0.6) is 0 Å². The van der Waals surface area contributed by atoms with Crippen molar-refractivity contribution in [3.05, 3.63) is 35.1 Å². The van der Waals surface area contributed by atoms with Gasteiger partial charge in [-0.05, 0) is 43.5 Å². The van der Waals surface area contributed by atoms with E-state index >= 15 is 0 Å². The molecule has 0 aromatic heterocycles. The van der Waals surface area contributed by atoms with Crippen LogP contribution in [0.1, 0.15) is 35.7 Å². The quantitative estimate of drug-likeness (QED) is 0.837. The Labute approximate surface area is 136 Å². The summed E-state index contributed by atoms with van der Waals surface area (Å²) in [7, 11) is 0. The van der Waals surface area contributed by atoms with E-state index in [0.29, 0.717) is 10.5 Å². The molecular weight excluding hydrogens is 328 g/mol. The molecule has 0 spiro atoms. The lowest BCUT2D eigenvalue weighted by Crippen LogP contribution is -2.58. The van der Waals surface area contributed by atoms with Crippen LogP contribution in [0.2, 0.25) is 0 Å². The first-order valence-corrected chi connectivity index (χ1v) is 7.50. The van der Waals surface area contributed by atoms with Gasteiger partial charge in [0.2, 0.25) is 5.91 Å². The molecule has 1 aliphatic heterocycles. The first-order valence-electron chi connectivity index (χ1n) is 7.50. The molecule has 1 fully saturated rings. The number of hydrogen-bond donors (Lipinski definition) is 1. The Morgan fingerprint density at radius 3 is 2.42 bits per heavy atom. The molecule has 2 amide bonds. The van der Waals surface area contributed by atoms with Gasteiger partial charge in [0.05, 0.1) is 0 Å². The molecule has 0 bridgehead atoms. The number of hydrogen-bond acceptors (Lipinski definition) is 2. The van der Waals surface area contributed by atoms with Gasteiger partial charge in [-0.3, -0.25) is 9.59 Å². The predicted molar refractivity (Wildman–Crippen MR) is 78.9 cm³/mol. The third-order valence-electron chi connectivity index (χ3n) is 3.92. The summed E-state index contributed by atoms with van der Waals surface area (Å²) in [5, 5.41) is 2.54. The predicted octanol–water partition coefficient (Wildman–Crippen LogP) is 2.81. The zero-order valence-electron chi connectivity index (χ0n) is 13.3. The van der Waals surface area contributed by atoms with Crippen LogP contribution in [0.15, 0.2) is 18.2 Å². The molecule has 4 nitrogen and oxygen atoms in total. The molecule has 0 saturated carbocycles. The average Bonchev–Trinajstić information content (AvgIpc) is 2.43. The largest absolute Gasteiger partial charge is 0.408 e. The van der Waals surface area contributed by atoms with Gasteiger partial charge in [0, 0.05) is 25.1 Å². The van der Waals surface area contributed by atoms with Crippen molar-refractivity contribution in [3.8, 4) is 0 Å². The van der Waals surface area contributed by atoms with Crippen molar-refractivity contribution in [2.75, 3.05) is 6.54 Å². The molecule has 1 heterocycles. The SMILES string of the molecule is CC(=O)N[C@H]1CC[C@H](C(F)(F)F)N(C(=O)c2cc(C)cc(F)c2)C1. The minimum atomic E-state index is -4.58. The average molecular weight is 346 g/mol. The molecule has 0 radical (unpaired) electrons. The van der Waals surface area contributed by atoms with E-state index in [-0.39, 0.29) is 30.9 Å². The molecule has 24 heavy (non-hydrogen) atoms. The van der Waals surface area contributed by atoms with Gasteiger partial charge < -0.3 is 10.2 Å². The van der Waals surface area contributed by atoms with Crippen molar-refractivity contribution >= 4 is 11.8 Å². The number of halogens is 4. The monoisotopic (exact) mass is 346 g/mol. The van der Waals surface area contributed by atoms with Crippen LogP contribution in [0, 0.1) is 12.7 Å². The van der Waals surface area contributed by atoms with Gasteiger partial charge in [-0.2, -0.15) is 13.2 Å². The van der Waals surface area contributed by atoms with Crippen molar-refractivity contribution in [3.63, 3.8) is 0 Å². The minimum absolute atomic E-state index is 0.121. The normalized spacial score (nSPS) is 21.5. The maximum absolute atomic E-state index is 13.5. The molecule has 8 heteroatoms. The molecule has 1 N–H and O–H groups in total. The fraction of sp³-hybridized carbons (Fsp3) is 0.500. The molecule has 132 valence electrons. The highest BCUT2D eigenvalue weighted by Crippen LogP contribution is 2.33. The second-order valence-electron chi connectivity index (χ2n) is 6.01. The molecule has 1 aliphatic rings. The Kier molecular flexibility index (Phi) is 5.15. The Balaban J connectivity index is 2.31. The van der Waals surface area contributed by atoms with E-state index in [1.54, 1.807) is 6.92 Å². The topological polar surface area (TPSA) is 49.4 Å². The van der Waals surface area contributed by atoms with E-state index in [4.69, 9.17) is 0 Å². The van der Waals surface area contributed by atoms with Crippen LogP contribution in [0.4, 0.5) is 17.6 Å². The summed E-state index contributed by atoms with van der Waals surface area (Å²) in [4.78, 5) is 24.4. The van der Waals surface area contributed by atoms with Crippen LogP contribution < -0.4 is 5.32 Å². The third-order valence-corrected chi connectivity index (χ3v) is 3.92.